The van der Waals surface area contributed by atoms with Crippen molar-refractivity contribution in [1.29, 1.82) is 0 Å². The van der Waals surface area contributed by atoms with Crippen molar-refractivity contribution in [1.82, 2.24) is 0 Å². The Morgan fingerprint density at radius 1 is 0.571 bits per heavy atom. The molecule has 2 aliphatic carbocycles. The molecule has 0 bridgehead atoms. The number of rotatable bonds is 4. The van der Waals surface area contributed by atoms with E-state index in [2.05, 4.69) is 110 Å². The number of furan rings is 2. The average molecular weight is 683 g/mol. The van der Waals surface area contributed by atoms with Gasteiger partial charge in [0.15, 0.2) is 0 Å². The molecule has 2 nitrogen and oxygen atoms in total. The van der Waals surface area contributed by atoms with Crippen LogP contribution in [0.5, 0.6) is 0 Å². The second-order valence-corrected chi connectivity index (χ2v) is 50.6. The zero-order chi connectivity index (χ0) is 28.7. The summed E-state index contributed by atoms with van der Waals surface area (Å²) in [5, 5.41) is 4.34. The predicted octanol–water partition coefficient (Wildman–Crippen LogP) is 11.3. The molecule has 4 aromatic carbocycles. The van der Waals surface area contributed by atoms with Gasteiger partial charge in [0.2, 0.25) is 0 Å². The average Bonchev–Trinajstić information content (AvgIpc) is 3.78. The molecule has 0 spiro atoms. The van der Waals surface area contributed by atoms with Gasteiger partial charge in [-0.05, 0) is 0 Å². The molecule has 42 heavy (non-hydrogen) atoms. The first-order valence-electron chi connectivity index (χ1n) is 14.3. The van der Waals surface area contributed by atoms with Gasteiger partial charge in [0, 0.05) is 0 Å². The third kappa shape index (κ3) is 3.65. The Labute approximate surface area is 253 Å². The van der Waals surface area contributed by atoms with Crippen LogP contribution in [0.1, 0.15) is 41.0 Å². The molecule has 2 heterocycles. The Kier molecular flexibility index (Phi) is 6.08. The van der Waals surface area contributed by atoms with Crippen molar-refractivity contribution in [3.05, 3.63) is 143 Å². The fourth-order valence-electron chi connectivity index (χ4n) is 7.36. The van der Waals surface area contributed by atoms with E-state index < -0.39 is 20.4 Å². The summed E-state index contributed by atoms with van der Waals surface area (Å²) >= 11 is -5.11. The van der Waals surface area contributed by atoms with Crippen LogP contribution in [-0.2, 0) is 15.0 Å². The molecule has 0 saturated carbocycles. The Hall–Kier alpha value is -2.88. The number of hydrogen-bond donors (Lipinski definition) is 0. The maximum atomic E-state index is 8.58. The van der Waals surface area contributed by atoms with Gasteiger partial charge < -0.3 is 0 Å². The van der Waals surface area contributed by atoms with Crippen LogP contribution < -0.4 is 0 Å². The van der Waals surface area contributed by atoms with Crippen LogP contribution in [0.3, 0.4) is 0 Å². The molecule has 0 amide bonds. The van der Waals surface area contributed by atoms with Gasteiger partial charge in [-0.2, -0.15) is 0 Å². The topological polar surface area (TPSA) is 26.3 Å². The SMILES string of the molecule is C[Si](C)=[Zr]([Cl])([Cl])([CH]1C(c2occ3ccccc23)=Cc2ccccc21)[CH]1C(c2occ3ccccc23)=Cc2ccccc21. The number of fused-ring (bicyclic) bond motifs is 4. The summed E-state index contributed by atoms with van der Waals surface area (Å²) in [5.41, 5.74) is 5.67. The summed E-state index contributed by atoms with van der Waals surface area (Å²) in [6, 6.07) is 33.9. The van der Waals surface area contributed by atoms with Crippen molar-refractivity contribution in [3.63, 3.8) is 0 Å². The normalized spacial score (nSPS) is 18.2. The molecule has 6 heteroatoms. The second kappa shape index (κ2) is 9.56. The molecule has 0 saturated heterocycles. The van der Waals surface area contributed by atoms with Crippen molar-refractivity contribution >= 4 is 67.3 Å². The van der Waals surface area contributed by atoms with Crippen LogP contribution in [0, 0.1) is 0 Å². The van der Waals surface area contributed by atoms with E-state index in [1.54, 1.807) is 0 Å². The molecule has 6 aromatic rings. The van der Waals surface area contributed by atoms with Gasteiger partial charge in [0.25, 0.3) is 0 Å². The summed E-state index contributed by atoms with van der Waals surface area (Å²) in [6.07, 6.45) is 8.26. The van der Waals surface area contributed by atoms with Crippen LogP contribution in [0.15, 0.2) is 118 Å². The Morgan fingerprint density at radius 3 is 1.43 bits per heavy atom. The molecule has 0 radical (unpaired) electrons. The Balaban J connectivity index is 1.44. The predicted molar refractivity (Wildman–Crippen MR) is 176 cm³/mol. The minimum absolute atomic E-state index is 0.148. The molecular formula is C36H28Cl2O2SiZr. The number of hydrogen-bond acceptors (Lipinski definition) is 2. The molecule has 0 fully saturated rings. The standard InChI is InChI=1S/2C17H11O.C2H6Si.2ClH.Zr/c2*1-2-6-13-10-15(9-12(13)5-1)17-16-8-4-3-7-14(16)11-18-17;1-3-2;;;/h2*1-11H;1-2H3;2*1H;/q;;;;;+2/p-2. The van der Waals surface area contributed by atoms with Crippen LogP contribution >= 0.6 is 17.0 Å². The van der Waals surface area contributed by atoms with Gasteiger partial charge in [-0.1, -0.05) is 0 Å². The van der Waals surface area contributed by atoms with Crippen LogP contribution in [-0.4, -0.2) is 5.43 Å². The Bertz CT molecular complexity index is 2060. The Morgan fingerprint density at radius 2 is 0.976 bits per heavy atom. The van der Waals surface area contributed by atoms with Gasteiger partial charge in [-0.15, -0.1) is 0 Å². The zero-order valence-electron chi connectivity index (χ0n) is 23.3. The van der Waals surface area contributed by atoms with Gasteiger partial charge in [0.05, 0.1) is 0 Å². The third-order valence-electron chi connectivity index (χ3n) is 9.41. The van der Waals surface area contributed by atoms with Crippen LogP contribution in [0.2, 0.25) is 13.1 Å². The van der Waals surface area contributed by atoms with E-state index in [4.69, 9.17) is 25.9 Å². The summed E-state index contributed by atoms with van der Waals surface area (Å²) in [5.74, 6) is 1.74. The fourth-order valence-corrected chi connectivity index (χ4v) is 35.0. The molecule has 0 aliphatic heterocycles. The zero-order valence-corrected chi connectivity index (χ0v) is 28.2. The molecular weight excluding hydrogens is 655 g/mol. The molecule has 2 atom stereocenters. The van der Waals surface area contributed by atoms with Crippen molar-refractivity contribution in [2.24, 2.45) is 0 Å². The number of benzene rings is 4. The van der Waals surface area contributed by atoms with E-state index >= 15 is 0 Å². The van der Waals surface area contributed by atoms with Crippen LogP contribution in [0.25, 0.3) is 44.8 Å². The van der Waals surface area contributed by atoms with Crippen molar-refractivity contribution in [2.45, 2.75) is 20.3 Å². The van der Waals surface area contributed by atoms with E-state index in [-0.39, 0.29) is 7.25 Å². The number of halogens is 2. The third-order valence-corrected chi connectivity index (χ3v) is 55.7. The van der Waals surface area contributed by atoms with Gasteiger partial charge >= 0.3 is 255 Å². The molecule has 2 aliphatic rings. The quantitative estimate of drug-likeness (QED) is 0.173. The van der Waals surface area contributed by atoms with Gasteiger partial charge in [-0.25, -0.2) is 0 Å². The molecule has 2 unspecified atom stereocenters. The van der Waals surface area contributed by atoms with Crippen molar-refractivity contribution < 1.29 is 23.8 Å². The van der Waals surface area contributed by atoms with E-state index in [0.717, 1.165) is 44.2 Å². The molecule has 8 rings (SSSR count). The first-order chi connectivity index (χ1) is 20.4. The second-order valence-electron chi connectivity index (χ2n) is 11.8. The summed E-state index contributed by atoms with van der Waals surface area (Å²) < 4.78 is 12.5. The molecule has 206 valence electrons. The summed E-state index contributed by atoms with van der Waals surface area (Å²) in [7, 11) is 17.2. The molecule has 0 N–H and O–H groups in total. The first kappa shape index (κ1) is 26.7. The van der Waals surface area contributed by atoms with E-state index in [1.807, 2.05) is 24.7 Å². The first-order valence-corrected chi connectivity index (χ1v) is 29.6. The monoisotopic (exact) mass is 680 g/mol. The van der Waals surface area contributed by atoms with E-state index in [9.17, 15) is 0 Å². The van der Waals surface area contributed by atoms with E-state index in [0.29, 0.717) is 0 Å². The fraction of sp³-hybridized carbons (Fsp3) is 0.111. The summed E-state index contributed by atoms with van der Waals surface area (Å²) in [4.78, 5) is 0. The summed E-state index contributed by atoms with van der Waals surface area (Å²) in [6.45, 7) is 4.65. The minimum atomic E-state index is -5.11. The van der Waals surface area contributed by atoms with Gasteiger partial charge in [0.1, 0.15) is 0 Å². The van der Waals surface area contributed by atoms with Crippen molar-refractivity contribution in [2.75, 3.05) is 0 Å². The van der Waals surface area contributed by atoms with Crippen molar-refractivity contribution in [3.8, 4) is 0 Å². The molecule has 2 aromatic heterocycles. The maximum absolute atomic E-state index is 8.58. The number of allylic oxidation sites excluding steroid dienone is 2. The van der Waals surface area contributed by atoms with E-state index in [1.165, 1.54) is 22.3 Å². The van der Waals surface area contributed by atoms with Gasteiger partial charge in [-0.3, -0.25) is 0 Å². The van der Waals surface area contributed by atoms with Crippen LogP contribution in [0.4, 0.5) is 0 Å².